The van der Waals surface area contributed by atoms with Crippen molar-refractivity contribution in [3.05, 3.63) is 40.4 Å². The summed E-state index contributed by atoms with van der Waals surface area (Å²) in [6, 6.07) is 5.81. The quantitative estimate of drug-likeness (QED) is 0.736. The second kappa shape index (κ2) is 4.85. The first-order chi connectivity index (χ1) is 9.97. The van der Waals surface area contributed by atoms with Gasteiger partial charge in [-0.1, -0.05) is 19.9 Å². The van der Waals surface area contributed by atoms with E-state index in [1.807, 2.05) is 18.2 Å². The van der Waals surface area contributed by atoms with Gasteiger partial charge in [0.1, 0.15) is 4.83 Å². The number of hydrogen-bond donors (Lipinski definition) is 1. The Morgan fingerprint density at radius 1 is 1.43 bits per heavy atom. The molecule has 108 valence electrons. The molecule has 1 aromatic carbocycles. The average Bonchev–Trinajstić information content (AvgIpc) is 2.80. The van der Waals surface area contributed by atoms with Crippen molar-refractivity contribution in [1.82, 2.24) is 9.38 Å². The summed E-state index contributed by atoms with van der Waals surface area (Å²) in [5.74, 6) is 0.429. The van der Waals surface area contributed by atoms with Crippen molar-refractivity contribution < 1.29 is 14.6 Å². The second-order valence-electron chi connectivity index (χ2n) is 4.90. The molecule has 7 heteroatoms. The zero-order valence-electron chi connectivity index (χ0n) is 11.4. The van der Waals surface area contributed by atoms with Gasteiger partial charge in [-0.15, -0.1) is 11.3 Å². The fourth-order valence-corrected chi connectivity index (χ4v) is 3.29. The molecule has 0 aliphatic heterocycles. The number of nitrogens with zero attached hydrogens (tertiary/aromatic N) is 2. The molecule has 3 rings (SSSR count). The third-order valence-corrected chi connectivity index (χ3v) is 4.32. The molecule has 0 aliphatic rings. The molecule has 21 heavy (non-hydrogen) atoms. The lowest BCUT2D eigenvalue weighted by molar-refractivity contribution is 0.145. The van der Waals surface area contributed by atoms with Crippen LogP contribution >= 0.6 is 11.3 Å². The van der Waals surface area contributed by atoms with E-state index < -0.39 is 11.8 Å². The molecule has 0 bridgehead atoms. The summed E-state index contributed by atoms with van der Waals surface area (Å²) in [5, 5.41) is 8.75. The van der Waals surface area contributed by atoms with Crippen molar-refractivity contribution in [3.8, 4) is 5.75 Å². The normalized spacial score (nSPS) is 11.4. The van der Waals surface area contributed by atoms with Crippen molar-refractivity contribution in [2.45, 2.75) is 19.8 Å². The fourth-order valence-electron chi connectivity index (χ4n) is 2.16. The Kier molecular flexibility index (Phi) is 3.13. The van der Waals surface area contributed by atoms with Gasteiger partial charge in [0, 0.05) is 0 Å². The molecule has 0 aliphatic carbocycles. The lowest BCUT2D eigenvalue weighted by Crippen LogP contribution is -2.16. The molecular weight excluding hydrogens is 292 g/mol. The number of aromatic nitrogens is 2. The summed E-state index contributed by atoms with van der Waals surface area (Å²) >= 11 is 1.31. The van der Waals surface area contributed by atoms with E-state index in [-0.39, 0.29) is 5.75 Å². The summed E-state index contributed by atoms with van der Waals surface area (Å²) in [5.41, 5.74) is 1.40. The molecule has 0 saturated heterocycles. The molecule has 0 spiro atoms. The van der Waals surface area contributed by atoms with Crippen LogP contribution in [0.2, 0.25) is 0 Å². The van der Waals surface area contributed by atoms with Gasteiger partial charge >= 0.3 is 11.8 Å². The highest BCUT2D eigenvalue weighted by Crippen LogP contribution is 2.32. The zero-order chi connectivity index (χ0) is 15.1. The maximum atomic E-state index is 12.0. The van der Waals surface area contributed by atoms with Gasteiger partial charge in [-0.2, -0.15) is 4.98 Å². The van der Waals surface area contributed by atoms with Crippen LogP contribution in [0.1, 0.15) is 25.3 Å². The number of carbonyl (C=O) groups is 1. The van der Waals surface area contributed by atoms with Gasteiger partial charge in [0.25, 0.3) is 0 Å². The van der Waals surface area contributed by atoms with E-state index >= 15 is 0 Å². The van der Waals surface area contributed by atoms with E-state index in [1.165, 1.54) is 15.7 Å². The lowest BCUT2D eigenvalue weighted by Gasteiger charge is -2.04. The van der Waals surface area contributed by atoms with Gasteiger partial charge < -0.3 is 9.84 Å². The maximum absolute atomic E-state index is 12.0. The molecule has 0 amide bonds. The van der Waals surface area contributed by atoms with E-state index in [0.29, 0.717) is 16.3 Å². The smallest absolute Gasteiger partial charge is 0.449 e. The molecule has 2 aromatic heterocycles. The second-order valence-corrected chi connectivity index (χ2v) is 5.93. The van der Waals surface area contributed by atoms with Crippen molar-refractivity contribution >= 4 is 32.5 Å². The first-order valence-corrected chi connectivity index (χ1v) is 7.14. The average molecular weight is 304 g/mol. The number of ether oxygens (including phenoxy) is 1. The van der Waals surface area contributed by atoms with Crippen molar-refractivity contribution in [2.75, 3.05) is 0 Å². The standard InChI is InChI=1S/C14H12N2O4S/c1-7(2)8-3-4-9-11(5-8)21-12-10(20-14(18)19)6-15-13(17)16(9)12/h3-7H,1-2H3,(H,18,19). The third-order valence-electron chi connectivity index (χ3n) is 3.19. The Morgan fingerprint density at radius 3 is 2.86 bits per heavy atom. The van der Waals surface area contributed by atoms with E-state index in [9.17, 15) is 9.59 Å². The Bertz CT molecular complexity index is 910. The molecule has 1 N–H and O–H groups in total. The van der Waals surface area contributed by atoms with Gasteiger partial charge in [0.05, 0.1) is 16.4 Å². The van der Waals surface area contributed by atoms with Gasteiger partial charge in [-0.05, 0) is 23.6 Å². The molecule has 0 atom stereocenters. The summed E-state index contributed by atoms with van der Waals surface area (Å²) < 4.78 is 6.96. The fraction of sp³-hybridized carbons (Fsp3) is 0.214. The predicted octanol–water partition coefficient (Wildman–Crippen LogP) is 3.09. The van der Waals surface area contributed by atoms with Gasteiger partial charge in [-0.25, -0.2) is 14.0 Å². The Hall–Kier alpha value is -2.41. The van der Waals surface area contributed by atoms with E-state index in [2.05, 4.69) is 18.8 Å². The van der Waals surface area contributed by atoms with E-state index in [1.54, 1.807) is 0 Å². The van der Waals surface area contributed by atoms with Crippen LogP contribution in [0, 0.1) is 0 Å². The largest absolute Gasteiger partial charge is 0.511 e. The topological polar surface area (TPSA) is 80.9 Å². The van der Waals surface area contributed by atoms with Crippen molar-refractivity contribution in [1.29, 1.82) is 0 Å². The molecule has 0 fully saturated rings. The first kappa shape index (κ1) is 13.6. The number of benzene rings is 1. The summed E-state index contributed by atoms with van der Waals surface area (Å²) in [7, 11) is 0. The van der Waals surface area contributed by atoms with Crippen LogP contribution in [0.4, 0.5) is 4.79 Å². The lowest BCUT2D eigenvalue weighted by atomic mass is 10.0. The highest BCUT2D eigenvalue weighted by Gasteiger charge is 2.15. The number of carboxylic acid groups (broad SMARTS) is 1. The third kappa shape index (κ3) is 2.25. The summed E-state index contributed by atoms with van der Waals surface area (Å²) in [6.07, 6.45) is -0.289. The van der Waals surface area contributed by atoms with E-state index in [0.717, 1.165) is 16.5 Å². The van der Waals surface area contributed by atoms with Crippen molar-refractivity contribution in [2.24, 2.45) is 0 Å². The highest BCUT2D eigenvalue weighted by atomic mass is 32.1. The van der Waals surface area contributed by atoms with Crippen LogP contribution in [0.3, 0.4) is 0 Å². The highest BCUT2D eigenvalue weighted by molar-refractivity contribution is 7.24. The molecular formula is C14H12N2O4S. The maximum Gasteiger partial charge on any atom is 0.511 e. The molecule has 0 radical (unpaired) electrons. The molecule has 3 aromatic rings. The number of hydrogen-bond acceptors (Lipinski definition) is 5. The van der Waals surface area contributed by atoms with Gasteiger partial charge in [-0.3, -0.25) is 0 Å². The monoisotopic (exact) mass is 304 g/mol. The summed E-state index contributed by atoms with van der Waals surface area (Å²) in [6.45, 7) is 4.17. The van der Waals surface area contributed by atoms with Crippen LogP contribution in [0.5, 0.6) is 5.75 Å². The minimum Gasteiger partial charge on any atom is -0.449 e. The van der Waals surface area contributed by atoms with Crippen LogP contribution in [-0.2, 0) is 0 Å². The van der Waals surface area contributed by atoms with Crippen LogP contribution in [0.15, 0.2) is 29.2 Å². The SMILES string of the molecule is CC(C)c1ccc2c(c1)sc1c(OC(=O)O)cnc(=O)n12. The number of fused-ring (bicyclic) bond motifs is 3. The van der Waals surface area contributed by atoms with Crippen LogP contribution in [0.25, 0.3) is 15.0 Å². The Morgan fingerprint density at radius 2 is 2.19 bits per heavy atom. The number of rotatable bonds is 2. The minimum atomic E-state index is -1.43. The van der Waals surface area contributed by atoms with Crippen molar-refractivity contribution in [3.63, 3.8) is 0 Å². The predicted molar refractivity (Wildman–Crippen MR) is 79.6 cm³/mol. The van der Waals surface area contributed by atoms with Gasteiger partial charge in [0.2, 0.25) is 0 Å². The molecule has 2 heterocycles. The molecule has 6 nitrogen and oxygen atoms in total. The van der Waals surface area contributed by atoms with Crippen LogP contribution in [-0.4, -0.2) is 20.6 Å². The van der Waals surface area contributed by atoms with Crippen LogP contribution < -0.4 is 10.4 Å². The summed E-state index contributed by atoms with van der Waals surface area (Å²) in [4.78, 5) is 26.8. The Labute approximate surface area is 123 Å². The Balaban J connectivity index is 2.36. The molecule has 0 unspecified atom stereocenters. The molecule has 0 saturated carbocycles. The minimum absolute atomic E-state index is 0.0643. The zero-order valence-corrected chi connectivity index (χ0v) is 12.2. The van der Waals surface area contributed by atoms with E-state index in [4.69, 9.17) is 9.84 Å². The first-order valence-electron chi connectivity index (χ1n) is 6.32. The van der Waals surface area contributed by atoms with Gasteiger partial charge in [0.15, 0.2) is 5.75 Å². The number of thiazole rings is 1.